The topological polar surface area (TPSA) is 32.3 Å². The molecule has 0 aromatic heterocycles. The average molecular weight is 310 g/mol. The summed E-state index contributed by atoms with van der Waals surface area (Å²) in [5.74, 6) is 3.04. The van der Waals surface area contributed by atoms with Gasteiger partial charge in [0.25, 0.3) is 0 Å². The van der Waals surface area contributed by atoms with E-state index in [1.54, 1.807) is 0 Å². The Bertz CT molecular complexity index is 382. The molecule has 2 atom stereocenters. The monoisotopic (exact) mass is 309 g/mol. The first-order valence-corrected chi connectivity index (χ1v) is 9.21. The van der Waals surface area contributed by atoms with Crippen LogP contribution in [-0.4, -0.2) is 29.3 Å². The fourth-order valence-corrected chi connectivity index (χ4v) is 3.77. The van der Waals surface area contributed by atoms with Crippen LogP contribution in [0, 0.1) is 5.92 Å². The fourth-order valence-electron chi connectivity index (χ4n) is 2.47. The summed E-state index contributed by atoms with van der Waals surface area (Å²) in [4.78, 5) is 0. The molecule has 0 saturated carbocycles. The zero-order valence-electron chi connectivity index (χ0n) is 13.9. The van der Waals surface area contributed by atoms with E-state index in [1.165, 1.54) is 17.7 Å². The molecule has 120 valence electrons. The summed E-state index contributed by atoms with van der Waals surface area (Å²) in [6.07, 6.45) is 2.19. The van der Waals surface area contributed by atoms with Gasteiger partial charge in [-0.25, -0.2) is 0 Å². The van der Waals surface area contributed by atoms with Crippen LogP contribution in [0.2, 0.25) is 0 Å². The molecule has 0 bridgehead atoms. The third-order valence-corrected chi connectivity index (χ3v) is 5.23. The molecule has 0 fully saturated rings. The number of hydrogen-bond donors (Lipinski definition) is 2. The molecule has 0 radical (unpaired) electrons. The number of hydrogen-bond acceptors (Lipinski definition) is 3. The van der Waals surface area contributed by atoms with E-state index in [1.807, 2.05) is 30.0 Å². The second kappa shape index (κ2) is 9.50. The number of nitrogens with one attached hydrogen (secondary N) is 1. The molecule has 1 rings (SSSR count). The Kier molecular flexibility index (Phi) is 8.38. The van der Waals surface area contributed by atoms with Crippen LogP contribution in [0.25, 0.3) is 0 Å². The van der Waals surface area contributed by atoms with E-state index in [2.05, 4.69) is 45.1 Å². The van der Waals surface area contributed by atoms with Crippen LogP contribution in [0.15, 0.2) is 30.3 Å². The zero-order valence-corrected chi connectivity index (χ0v) is 14.7. The first-order chi connectivity index (χ1) is 10.0. The standard InChI is InChI=1S/C18H31NOS/c1-5-16(4)13-21-12-11-18(14-20,19-15(2)3)17-9-7-6-8-10-17/h6-10,15-16,19-20H,5,11-14H2,1-4H3. The van der Waals surface area contributed by atoms with E-state index in [-0.39, 0.29) is 12.1 Å². The Hall–Kier alpha value is -0.510. The van der Waals surface area contributed by atoms with Gasteiger partial charge in [-0.05, 0) is 43.3 Å². The van der Waals surface area contributed by atoms with E-state index >= 15 is 0 Å². The van der Waals surface area contributed by atoms with Crippen molar-refractivity contribution in [2.24, 2.45) is 5.92 Å². The van der Waals surface area contributed by atoms with E-state index < -0.39 is 0 Å². The zero-order chi connectivity index (χ0) is 15.7. The van der Waals surface area contributed by atoms with Crippen LogP contribution in [0.3, 0.4) is 0 Å². The molecule has 0 heterocycles. The molecule has 3 heteroatoms. The number of aliphatic hydroxyl groups excluding tert-OH is 1. The third-order valence-electron chi connectivity index (χ3n) is 3.93. The molecule has 1 aromatic rings. The van der Waals surface area contributed by atoms with Crippen LogP contribution in [0.1, 0.15) is 46.1 Å². The summed E-state index contributed by atoms with van der Waals surface area (Å²) in [5, 5.41) is 13.7. The van der Waals surface area contributed by atoms with Gasteiger partial charge < -0.3 is 10.4 Å². The maximum absolute atomic E-state index is 10.1. The van der Waals surface area contributed by atoms with Crippen LogP contribution >= 0.6 is 11.8 Å². The lowest BCUT2D eigenvalue weighted by atomic mass is 9.87. The van der Waals surface area contributed by atoms with Gasteiger partial charge in [0.2, 0.25) is 0 Å². The van der Waals surface area contributed by atoms with Crippen molar-refractivity contribution in [2.75, 3.05) is 18.1 Å². The minimum Gasteiger partial charge on any atom is -0.394 e. The molecule has 0 saturated heterocycles. The second-order valence-electron chi connectivity index (χ2n) is 6.24. The second-order valence-corrected chi connectivity index (χ2v) is 7.39. The summed E-state index contributed by atoms with van der Waals surface area (Å²) >= 11 is 2.00. The van der Waals surface area contributed by atoms with Crippen molar-refractivity contribution >= 4 is 11.8 Å². The Balaban J connectivity index is 2.73. The summed E-state index contributed by atoms with van der Waals surface area (Å²) in [7, 11) is 0. The maximum Gasteiger partial charge on any atom is 0.0678 e. The largest absolute Gasteiger partial charge is 0.394 e. The Morgan fingerprint density at radius 3 is 2.38 bits per heavy atom. The highest BCUT2D eigenvalue weighted by Gasteiger charge is 2.31. The highest BCUT2D eigenvalue weighted by Crippen LogP contribution is 2.28. The van der Waals surface area contributed by atoms with Gasteiger partial charge in [-0.2, -0.15) is 11.8 Å². The van der Waals surface area contributed by atoms with E-state index in [0.29, 0.717) is 6.04 Å². The van der Waals surface area contributed by atoms with Crippen LogP contribution < -0.4 is 5.32 Å². The van der Waals surface area contributed by atoms with E-state index in [9.17, 15) is 5.11 Å². The molecule has 0 spiro atoms. The van der Waals surface area contributed by atoms with Crippen molar-refractivity contribution in [1.29, 1.82) is 0 Å². The van der Waals surface area contributed by atoms with Gasteiger partial charge in [-0.15, -0.1) is 0 Å². The van der Waals surface area contributed by atoms with Gasteiger partial charge in [0.1, 0.15) is 0 Å². The molecule has 0 aliphatic carbocycles. The molecule has 0 aliphatic heterocycles. The quantitative estimate of drug-likeness (QED) is 0.640. The van der Waals surface area contributed by atoms with E-state index in [0.717, 1.165) is 18.1 Å². The lowest BCUT2D eigenvalue weighted by molar-refractivity contribution is 0.147. The van der Waals surface area contributed by atoms with Gasteiger partial charge in [-0.3, -0.25) is 0 Å². The van der Waals surface area contributed by atoms with Gasteiger partial charge in [0.15, 0.2) is 0 Å². The van der Waals surface area contributed by atoms with Crippen LogP contribution in [0.5, 0.6) is 0 Å². The van der Waals surface area contributed by atoms with Gasteiger partial charge in [0, 0.05) is 6.04 Å². The normalized spacial score (nSPS) is 15.9. The average Bonchev–Trinajstić information content (AvgIpc) is 2.50. The number of thioether (sulfide) groups is 1. The molecule has 2 nitrogen and oxygen atoms in total. The Morgan fingerprint density at radius 1 is 1.19 bits per heavy atom. The summed E-state index contributed by atoms with van der Waals surface area (Å²) < 4.78 is 0. The highest BCUT2D eigenvalue weighted by molar-refractivity contribution is 7.99. The molecule has 1 aromatic carbocycles. The minimum atomic E-state index is -0.322. The van der Waals surface area contributed by atoms with Gasteiger partial charge in [-0.1, -0.05) is 50.6 Å². The summed E-state index contributed by atoms with van der Waals surface area (Å²) in [5.41, 5.74) is 0.864. The highest BCUT2D eigenvalue weighted by atomic mass is 32.2. The van der Waals surface area contributed by atoms with Crippen molar-refractivity contribution in [3.05, 3.63) is 35.9 Å². The van der Waals surface area contributed by atoms with Crippen molar-refractivity contribution in [1.82, 2.24) is 5.32 Å². The molecular weight excluding hydrogens is 278 g/mol. The molecule has 0 aliphatic rings. The lowest BCUT2D eigenvalue weighted by Gasteiger charge is -2.36. The van der Waals surface area contributed by atoms with Gasteiger partial charge in [0.05, 0.1) is 12.1 Å². The summed E-state index contributed by atoms with van der Waals surface area (Å²) in [6.45, 7) is 8.96. The SMILES string of the molecule is CCC(C)CSCCC(CO)(NC(C)C)c1ccccc1. The first-order valence-electron chi connectivity index (χ1n) is 8.06. The predicted molar refractivity (Wildman–Crippen MR) is 94.9 cm³/mol. The number of aliphatic hydroxyl groups is 1. The van der Waals surface area contributed by atoms with E-state index in [4.69, 9.17) is 0 Å². The molecule has 2 unspecified atom stereocenters. The van der Waals surface area contributed by atoms with Crippen LogP contribution in [-0.2, 0) is 5.54 Å². The Morgan fingerprint density at radius 2 is 1.86 bits per heavy atom. The maximum atomic E-state index is 10.1. The van der Waals surface area contributed by atoms with Crippen LogP contribution in [0.4, 0.5) is 0 Å². The summed E-state index contributed by atoms with van der Waals surface area (Å²) in [6, 6.07) is 10.7. The first kappa shape index (κ1) is 18.5. The van der Waals surface area contributed by atoms with Crippen molar-refractivity contribution in [3.8, 4) is 0 Å². The Labute approximate surface area is 134 Å². The number of rotatable bonds is 10. The van der Waals surface area contributed by atoms with Gasteiger partial charge >= 0.3 is 0 Å². The fraction of sp³-hybridized carbons (Fsp3) is 0.667. The molecular formula is C18H31NOS. The van der Waals surface area contributed by atoms with Crippen molar-refractivity contribution < 1.29 is 5.11 Å². The number of benzene rings is 1. The molecule has 2 N–H and O–H groups in total. The third kappa shape index (κ3) is 6.01. The van der Waals surface area contributed by atoms with Crippen molar-refractivity contribution in [2.45, 2.75) is 52.1 Å². The van der Waals surface area contributed by atoms with Crippen molar-refractivity contribution in [3.63, 3.8) is 0 Å². The smallest absolute Gasteiger partial charge is 0.0678 e. The molecule has 21 heavy (non-hydrogen) atoms. The predicted octanol–water partition coefficient (Wildman–Crippen LogP) is 4.04. The minimum absolute atomic E-state index is 0.138. The molecule has 0 amide bonds. The lowest BCUT2D eigenvalue weighted by Crippen LogP contribution is -2.49.